The molecule has 5 nitrogen and oxygen atoms in total. The molecule has 0 saturated heterocycles. The van der Waals surface area contributed by atoms with Gasteiger partial charge in [0.25, 0.3) is 5.91 Å². The summed E-state index contributed by atoms with van der Waals surface area (Å²) in [4.78, 5) is 12.4. The molecule has 1 saturated carbocycles. The van der Waals surface area contributed by atoms with E-state index in [0.29, 0.717) is 16.3 Å². The van der Waals surface area contributed by atoms with Gasteiger partial charge in [0, 0.05) is 16.6 Å². The largest absolute Gasteiger partial charge is 0.385 e. The molecular formula is C15H15ClN2O3. The van der Waals surface area contributed by atoms with Crippen LogP contribution in [0.3, 0.4) is 0 Å². The lowest BCUT2D eigenvalue weighted by Crippen LogP contribution is -2.26. The molecule has 1 aromatic heterocycles. The van der Waals surface area contributed by atoms with Crippen molar-refractivity contribution in [3.8, 4) is 11.3 Å². The maximum atomic E-state index is 12.4. The minimum absolute atomic E-state index is 0.179. The molecule has 110 valence electrons. The molecule has 1 fully saturated rings. The van der Waals surface area contributed by atoms with Gasteiger partial charge in [0.15, 0.2) is 5.76 Å². The molecular weight excluding hydrogens is 292 g/mol. The van der Waals surface area contributed by atoms with Crippen molar-refractivity contribution in [1.29, 1.82) is 0 Å². The molecule has 1 aromatic carbocycles. The van der Waals surface area contributed by atoms with Gasteiger partial charge in [-0.3, -0.25) is 4.79 Å². The fraction of sp³-hybridized carbons (Fsp3) is 0.333. The Kier molecular flexibility index (Phi) is 3.69. The number of nitrogens with zero attached hydrogens (tertiary/aromatic N) is 1. The van der Waals surface area contributed by atoms with E-state index in [4.69, 9.17) is 16.1 Å². The third-order valence-electron chi connectivity index (χ3n) is 3.36. The van der Waals surface area contributed by atoms with E-state index in [1.54, 1.807) is 31.2 Å². The fourth-order valence-electron chi connectivity index (χ4n) is 2.10. The van der Waals surface area contributed by atoms with E-state index in [1.807, 2.05) is 0 Å². The number of aromatic nitrogens is 1. The first-order chi connectivity index (χ1) is 10.1. The van der Waals surface area contributed by atoms with Crippen LogP contribution in [0.4, 0.5) is 0 Å². The van der Waals surface area contributed by atoms with E-state index >= 15 is 0 Å². The van der Waals surface area contributed by atoms with Crippen molar-refractivity contribution in [1.82, 2.24) is 10.5 Å². The van der Waals surface area contributed by atoms with Gasteiger partial charge < -0.3 is 14.9 Å². The Labute approximate surface area is 126 Å². The molecule has 2 N–H and O–H groups in total. The Morgan fingerprint density at radius 3 is 2.67 bits per heavy atom. The molecule has 0 radical (unpaired) electrons. The maximum Gasteiger partial charge on any atom is 0.257 e. The molecule has 1 unspecified atom stereocenters. The van der Waals surface area contributed by atoms with Crippen LogP contribution >= 0.6 is 11.6 Å². The van der Waals surface area contributed by atoms with Crippen LogP contribution in [0.5, 0.6) is 0 Å². The number of aliphatic hydroxyl groups is 1. The summed E-state index contributed by atoms with van der Waals surface area (Å²) >= 11 is 5.87. The first-order valence-corrected chi connectivity index (χ1v) is 7.18. The first-order valence-electron chi connectivity index (χ1n) is 6.80. The van der Waals surface area contributed by atoms with Gasteiger partial charge in [-0.1, -0.05) is 28.9 Å². The van der Waals surface area contributed by atoms with Crippen LogP contribution in [0.25, 0.3) is 11.3 Å². The highest BCUT2D eigenvalue weighted by atomic mass is 35.5. The zero-order valence-electron chi connectivity index (χ0n) is 11.5. The van der Waals surface area contributed by atoms with Crippen molar-refractivity contribution in [3.05, 3.63) is 40.6 Å². The highest BCUT2D eigenvalue weighted by Gasteiger charge is 2.30. The van der Waals surface area contributed by atoms with Gasteiger partial charge in [-0.05, 0) is 31.9 Å². The number of rotatable bonds is 4. The number of amides is 1. The number of aliphatic hydroxyl groups excluding tert-OH is 1. The van der Waals surface area contributed by atoms with Crippen LogP contribution in [-0.4, -0.2) is 22.2 Å². The van der Waals surface area contributed by atoms with E-state index < -0.39 is 6.10 Å². The summed E-state index contributed by atoms with van der Waals surface area (Å²) in [5.41, 5.74) is 1.43. The van der Waals surface area contributed by atoms with Gasteiger partial charge in [-0.25, -0.2) is 0 Å². The molecule has 21 heavy (non-hydrogen) atoms. The molecule has 1 aliphatic rings. The predicted octanol–water partition coefficient (Wildman–Crippen LogP) is 2.94. The number of hydrogen-bond donors (Lipinski definition) is 2. The van der Waals surface area contributed by atoms with Crippen LogP contribution in [-0.2, 0) is 0 Å². The third kappa shape index (κ3) is 2.94. The van der Waals surface area contributed by atoms with Crippen molar-refractivity contribution in [2.45, 2.75) is 31.9 Å². The average Bonchev–Trinajstić information content (AvgIpc) is 3.14. The van der Waals surface area contributed by atoms with E-state index in [1.165, 1.54) is 0 Å². The quantitative estimate of drug-likeness (QED) is 0.910. The molecule has 0 spiro atoms. The van der Waals surface area contributed by atoms with Crippen LogP contribution < -0.4 is 5.32 Å². The second-order valence-electron chi connectivity index (χ2n) is 5.20. The highest BCUT2D eigenvalue weighted by molar-refractivity contribution is 6.30. The van der Waals surface area contributed by atoms with E-state index in [9.17, 15) is 9.90 Å². The predicted molar refractivity (Wildman–Crippen MR) is 78.1 cm³/mol. The zero-order valence-corrected chi connectivity index (χ0v) is 12.2. The topological polar surface area (TPSA) is 75.4 Å². The van der Waals surface area contributed by atoms with E-state index in [0.717, 1.165) is 18.4 Å². The molecule has 3 rings (SSSR count). The van der Waals surface area contributed by atoms with Crippen LogP contribution in [0.1, 0.15) is 42.0 Å². The van der Waals surface area contributed by atoms with Gasteiger partial charge >= 0.3 is 0 Å². The summed E-state index contributed by atoms with van der Waals surface area (Å²) in [5.74, 6) is -0.0855. The summed E-state index contributed by atoms with van der Waals surface area (Å²) < 4.78 is 5.17. The fourth-order valence-corrected chi connectivity index (χ4v) is 2.22. The molecule has 1 aliphatic carbocycles. The average molecular weight is 307 g/mol. The van der Waals surface area contributed by atoms with Gasteiger partial charge in [0.2, 0.25) is 0 Å². The SMILES string of the molecule is CC(O)c1onc(-c2ccc(Cl)cc2)c1C(=O)NC1CC1. The molecule has 1 amide bonds. The summed E-state index contributed by atoms with van der Waals surface area (Å²) in [7, 11) is 0. The Balaban J connectivity index is 2.02. The van der Waals surface area contributed by atoms with Crippen LogP contribution in [0.2, 0.25) is 5.02 Å². The molecule has 0 aliphatic heterocycles. The number of halogens is 1. The summed E-state index contributed by atoms with van der Waals surface area (Å²) in [6, 6.07) is 7.18. The van der Waals surface area contributed by atoms with E-state index in [-0.39, 0.29) is 17.7 Å². The number of nitrogens with one attached hydrogen (secondary N) is 1. The lowest BCUT2D eigenvalue weighted by atomic mass is 10.0. The normalized spacial score (nSPS) is 15.8. The summed E-state index contributed by atoms with van der Waals surface area (Å²) in [6.07, 6.45) is 1.06. The first kappa shape index (κ1) is 14.1. The van der Waals surface area contributed by atoms with Crippen molar-refractivity contribution in [2.24, 2.45) is 0 Å². The highest BCUT2D eigenvalue weighted by Crippen LogP contribution is 2.30. The van der Waals surface area contributed by atoms with Crippen molar-refractivity contribution in [3.63, 3.8) is 0 Å². The molecule has 1 atom stereocenters. The maximum absolute atomic E-state index is 12.4. The lowest BCUT2D eigenvalue weighted by Gasteiger charge is -2.07. The zero-order chi connectivity index (χ0) is 15.0. The van der Waals surface area contributed by atoms with Gasteiger partial charge in [-0.15, -0.1) is 0 Å². The summed E-state index contributed by atoms with van der Waals surface area (Å²) in [5, 5.41) is 17.2. The van der Waals surface area contributed by atoms with Crippen LogP contribution in [0.15, 0.2) is 28.8 Å². The molecule has 0 bridgehead atoms. The number of carbonyl (C=O) groups excluding carboxylic acids is 1. The molecule has 1 heterocycles. The third-order valence-corrected chi connectivity index (χ3v) is 3.61. The molecule has 6 heteroatoms. The Morgan fingerprint density at radius 2 is 2.10 bits per heavy atom. The smallest absolute Gasteiger partial charge is 0.257 e. The lowest BCUT2D eigenvalue weighted by molar-refractivity contribution is 0.0938. The van der Waals surface area contributed by atoms with Gasteiger partial charge in [0.05, 0.1) is 0 Å². The standard InChI is InChI=1S/C15H15ClN2O3/c1-8(19)14-12(15(20)17-11-6-7-11)13(18-21-14)9-2-4-10(16)5-3-9/h2-5,8,11,19H,6-7H2,1H3,(H,17,20). The number of benzene rings is 1. The monoisotopic (exact) mass is 306 g/mol. The van der Waals surface area contributed by atoms with Crippen LogP contribution in [0, 0.1) is 0 Å². The molecule has 2 aromatic rings. The number of hydrogen-bond acceptors (Lipinski definition) is 4. The van der Waals surface area contributed by atoms with Crippen molar-refractivity contribution in [2.75, 3.05) is 0 Å². The second-order valence-corrected chi connectivity index (χ2v) is 5.64. The Bertz CT molecular complexity index is 660. The Morgan fingerprint density at radius 1 is 1.43 bits per heavy atom. The summed E-state index contributed by atoms with van der Waals surface area (Å²) in [6.45, 7) is 1.54. The second kappa shape index (κ2) is 5.50. The van der Waals surface area contributed by atoms with Gasteiger partial charge in [0.1, 0.15) is 17.4 Å². The van der Waals surface area contributed by atoms with Gasteiger partial charge in [-0.2, -0.15) is 0 Å². The minimum Gasteiger partial charge on any atom is -0.385 e. The van der Waals surface area contributed by atoms with Crippen molar-refractivity contribution >= 4 is 17.5 Å². The van der Waals surface area contributed by atoms with Crippen molar-refractivity contribution < 1.29 is 14.4 Å². The Hall–Kier alpha value is -1.85. The number of carbonyl (C=O) groups is 1. The van der Waals surface area contributed by atoms with E-state index in [2.05, 4.69) is 10.5 Å². The minimum atomic E-state index is -0.904.